The van der Waals surface area contributed by atoms with E-state index in [4.69, 9.17) is 32.1 Å². The number of pyridine rings is 2. The van der Waals surface area contributed by atoms with Crippen LogP contribution in [0.2, 0.25) is 5.15 Å². The van der Waals surface area contributed by atoms with Gasteiger partial charge >= 0.3 is 0 Å². The summed E-state index contributed by atoms with van der Waals surface area (Å²) >= 11 is 5.59. The zero-order chi connectivity index (χ0) is 18.4. The van der Waals surface area contributed by atoms with Gasteiger partial charge in [-0.1, -0.05) is 21.9 Å². The van der Waals surface area contributed by atoms with E-state index in [1.54, 1.807) is 12.1 Å². The van der Waals surface area contributed by atoms with Gasteiger partial charge in [-0.05, 0) is 45.3 Å². The molecule has 0 spiro atoms. The maximum Gasteiger partial charge on any atom is 0.261 e. The first kappa shape index (κ1) is 18.4. The molecule has 10 heteroatoms. The van der Waals surface area contributed by atoms with Crippen molar-refractivity contribution in [1.82, 2.24) is 25.6 Å². The van der Waals surface area contributed by atoms with Gasteiger partial charge in [0.2, 0.25) is 0 Å². The molecule has 0 amide bonds. The van der Waals surface area contributed by atoms with Crippen LogP contribution in [0.4, 0.5) is 11.6 Å². The zero-order valence-electron chi connectivity index (χ0n) is 13.9. The number of nitrogens with two attached hydrogens (primary N) is 2. The van der Waals surface area contributed by atoms with Gasteiger partial charge in [0.15, 0.2) is 11.6 Å². The normalized spacial score (nSPS) is 10.1. The first-order valence-electron chi connectivity index (χ1n) is 7.20. The van der Waals surface area contributed by atoms with Crippen molar-refractivity contribution in [3.05, 3.63) is 35.1 Å². The highest BCUT2D eigenvalue weighted by atomic mass is 35.5. The lowest BCUT2D eigenvalue weighted by Crippen LogP contribution is -1.89. The van der Waals surface area contributed by atoms with Crippen molar-refractivity contribution in [1.29, 1.82) is 0 Å². The Bertz CT molecular complexity index is 889. The third-order valence-corrected chi connectivity index (χ3v) is 3.05. The first-order valence-corrected chi connectivity index (χ1v) is 7.58. The van der Waals surface area contributed by atoms with Crippen molar-refractivity contribution < 1.29 is 9.05 Å². The Labute approximate surface area is 148 Å². The lowest BCUT2D eigenvalue weighted by Gasteiger charge is -1.88. The number of rotatable bonds is 0. The second kappa shape index (κ2) is 8.27. The minimum Gasteiger partial charge on any atom is -0.380 e. The summed E-state index contributed by atoms with van der Waals surface area (Å²) in [6.07, 6.45) is 0. The highest BCUT2D eigenvalue weighted by Crippen LogP contribution is 2.19. The molecule has 0 aliphatic heterocycles. The summed E-state index contributed by atoms with van der Waals surface area (Å²) in [6, 6.07) is 7.08. The van der Waals surface area contributed by atoms with Gasteiger partial charge in [-0.15, -0.1) is 0 Å². The number of aryl methyl sites for hydroxylation is 1. The van der Waals surface area contributed by atoms with Gasteiger partial charge in [0, 0.05) is 5.69 Å². The molecule has 5 N–H and O–H groups in total. The molecular formula is C15H18ClN7O2. The SMILES string of the molecule is CNC.Cc1ccc2c(N)noc2n1.Nc1noc2nc(Cl)ccc12. The van der Waals surface area contributed by atoms with Gasteiger partial charge in [0.05, 0.1) is 10.8 Å². The molecule has 9 nitrogen and oxygen atoms in total. The van der Waals surface area contributed by atoms with Crippen LogP contribution in [-0.4, -0.2) is 34.4 Å². The molecule has 4 heterocycles. The largest absolute Gasteiger partial charge is 0.380 e. The first-order chi connectivity index (χ1) is 12.0. The van der Waals surface area contributed by atoms with Crippen molar-refractivity contribution in [3.8, 4) is 0 Å². The molecule has 0 radical (unpaired) electrons. The molecule has 0 aliphatic carbocycles. The van der Waals surface area contributed by atoms with E-state index in [1.807, 2.05) is 33.2 Å². The molecule has 4 aromatic heterocycles. The fourth-order valence-corrected chi connectivity index (χ4v) is 1.90. The monoisotopic (exact) mass is 363 g/mol. The minimum absolute atomic E-state index is 0.337. The van der Waals surface area contributed by atoms with Crippen LogP contribution in [0.15, 0.2) is 33.3 Å². The molecule has 0 aromatic carbocycles. The van der Waals surface area contributed by atoms with Crippen LogP contribution in [-0.2, 0) is 0 Å². The second-order valence-electron chi connectivity index (χ2n) is 4.93. The number of hydrogen-bond donors (Lipinski definition) is 3. The van der Waals surface area contributed by atoms with Gasteiger partial charge in [0.1, 0.15) is 5.15 Å². The van der Waals surface area contributed by atoms with E-state index in [2.05, 4.69) is 25.6 Å². The third-order valence-electron chi connectivity index (χ3n) is 2.84. The molecule has 0 atom stereocenters. The Morgan fingerprint density at radius 2 is 1.36 bits per heavy atom. The van der Waals surface area contributed by atoms with Crippen molar-refractivity contribution >= 4 is 45.4 Å². The van der Waals surface area contributed by atoms with E-state index in [0.29, 0.717) is 33.6 Å². The maximum absolute atomic E-state index is 5.59. The van der Waals surface area contributed by atoms with Crippen LogP contribution in [0.5, 0.6) is 0 Å². The maximum atomic E-state index is 5.59. The standard InChI is InChI=1S/C7H7N3O.C6H4ClN3O.C2H7N/c1-4-2-3-5-6(8)10-11-7(5)9-4;7-4-2-1-3-5(8)10-11-6(3)9-4;1-3-2/h2-3H,1H3,(H2,8,10);1-2H,(H2,8,10);3H,1-2H3. The van der Waals surface area contributed by atoms with E-state index >= 15 is 0 Å². The third kappa shape index (κ3) is 4.55. The van der Waals surface area contributed by atoms with Crippen LogP contribution < -0.4 is 16.8 Å². The number of halogens is 1. The molecule has 0 fully saturated rings. The Kier molecular flexibility index (Phi) is 6.09. The molecule has 132 valence electrons. The fraction of sp³-hybridized carbons (Fsp3) is 0.200. The Morgan fingerprint density at radius 3 is 1.92 bits per heavy atom. The smallest absolute Gasteiger partial charge is 0.261 e. The van der Waals surface area contributed by atoms with Crippen LogP contribution in [0.1, 0.15) is 5.69 Å². The molecule has 0 saturated carbocycles. The summed E-state index contributed by atoms with van der Waals surface area (Å²) in [5, 5.41) is 11.7. The van der Waals surface area contributed by atoms with Crippen molar-refractivity contribution in [2.24, 2.45) is 0 Å². The van der Waals surface area contributed by atoms with E-state index in [9.17, 15) is 0 Å². The number of nitrogens with zero attached hydrogens (tertiary/aromatic N) is 4. The van der Waals surface area contributed by atoms with E-state index in [-0.39, 0.29) is 0 Å². The summed E-state index contributed by atoms with van der Waals surface area (Å²) in [7, 11) is 3.75. The summed E-state index contributed by atoms with van der Waals surface area (Å²) in [5.41, 5.74) is 12.7. The summed E-state index contributed by atoms with van der Waals surface area (Å²) in [4.78, 5) is 7.94. The van der Waals surface area contributed by atoms with Gasteiger partial charge in [-0.2, -0.15) is 4.98 Å². The number of nitrogens with one attached hydrogen (secondary N) is 1. The average molecular weight is 364 g/mol. The van der Waals surface area contributed by atoms with E-state index < -0.39 is 0 Å². The lowest BCUT2D eigenvalue weighted by atomic mass is 10.3. The van der Waals surface area contributed by atoms with Gasteiger partial charge in [-0.25, -0.2) is 4.98 Å². The van der Waals surface area contributed by atoms with Gasteiger partial charge in [-0.3, -0.25) is 0 Å². The van der Waals surface area contributed by atoms with Crippen molar-refractivity contribution in [2.45, 2.75) is 6.92 Å². The van der Waals surface area contributed by atoms with Crippen LogP contribution in [0, 0.1) is 6.92 Å². The van der Waals surface area contributed by atoms with Crippen LogP contribution in [0.25, 0.3) is 22.2 Å². The van der Waals surface area contributed by atoms with Crippen LogP contribution in [0.3, 0.4) is 0 Å². The topological polar surface area (TPSA) is 142 Å². The summed E-state index contributed by atoms with van der Waals surface area (Å²) in [5.74, 6) is 0.733. The molecule has 0 unspecified atom stereocenters. The minimum atomic E-state index is 0.337. The molecule has 25 heavy (non-hydrogen) atoms. The van der Waals surface area contributed by atoms with Crippen molar-refractivity contribution in [2.75, 3.05) is 25.6 Å². The zero-order valence-corrected chi connectivity index (χ0v) is 14.7. The van der Waals surface area contributed by atoms with Crippen LogP contribution >= 0.6 is 11.6 Å². The van der Waals surface area contributed by atoms with E-state index in [1.165, 1.54) is 0 Å². The lowest BCUT2D eigenvalue weighted by molar-refractivity contribution is 0.452. The number of hydrogen-bond acceptors (Lipinski definition) is 9. The fourth-order valence-electron chi connectivity index (χ4n) is 1.76. The summed E-state index contributed by atoms with van der Waals surface area (Å²) < 4.78 is 9.60. The molecule has 4 aromatic rings. The highest BCUT2D eigenvalue weighted by Gasteiger charge is 2.05. The number of nitrogen functional groups attached to an aromatic ring is 2. The summed E-state index contributed by atoms with van der Waals surface area (Å²) in [6.45, 7) is 1.89. The highest BCUT2D eigenvalue weighted by molar-refractivity contribution is 6.29. The Morgan fingerprint density at radius 1 is 0.880 bits per heavy atom. The molecular weight excluding hydrogens is 346 g/mol. The number of aromatic nitrogens is 4. The molecule has 0 bridgehead atoms. The number of fused-ring (bicyclic) bond motifs is 2. The predicted molar refractivity (Wildman–Crippen MR) is 97.2 cm³/mol. The Balaban J connectivity index is 0.000000156. The van der Waals surface area contributed by atoms with Crippen molar-refractivity contribution in [3.63, 3.8) is 0 Å². The molecule has 0 saturated heterocycles. The van der Waals surface area contributed by atoms with Gasteiger partial charge < -0.3 is 25.8 Å². The average Bonchev–Trinajstić information content (AvgIpc) is 3.12. The molecule has 0 aliphatic rings. The molecule has 4 rings (SSSR count). The predicted octanol–water partition coefficient (Wildman–Crippen LogP) is 2.41. The van der Waals surface area contributed by atoms with E-state index in [0.717, 1.165) is 11.1 Å². The second-order valence-corrected chi connectivity index (χ2v) is 5.31. The Hall–Kier alpha value is -2.91. The number of anilines is 2. The van der Waals surface area contributed by atoms with Gasteiger partial charge in [0.25, 0.3) is 11.4 Å². The quantitative estimate of drug-likeness (QED) is 0.401.